The number of carbonyl (C=O) groups excluding carboxylic acids is 2. The Bertz CT molecular complexity index is 464. The predicted molar refractivity (Wildman–Crippen MR) is 70.0 cm³/mol. The van der Waals surface area contributed by atoms with Crippen molar-refractivity contribution in [2.75, 3.05) is 19.6 Å². The van der Waals surface area contributed by atoms with Crippen molar-refractivity contribution in [3.8, 4) is 0 Å². The summed E-state index contributed by atoms with van der Waals surface area (Å²) in [5.74, 6) is -1.70. The first kappa shape index (κ1) is 15.4. The van der Waals surface area contributed by atoms with Crippen molar-refractivity contribution < 1.29 is 19.5 Å². The molecule has 1 aromatic rings. The van der Waals surface area contributed by atoms with Gasteiger partial charge in [0.2, 0.25) is 5.91 Å². The summed E-state index contributed by atoms with van der Waals surface area (Å²) < 4.78 is 0. The molecule has 0 unspecified atom stereocenters. The second-order valence-electron chi connectivity index (χ2n) is 3.89. The highest BCUT2D eigenvalue weighted by molar-refractivity contribution is 5.86. The van der Waals surface area contributed by atoms with Crippen LogP contribution in [0.1, 0.15) is 5.56 Å². The molecule has 8 heteroatoms. The van der Waals surface area contributed by atoms with Gasteiger partial charge in [-0.2, -0.15) is 0 Å². The lowest BCUT2D eigenvalue weighted by atomic mass is 10.2. The van der Waals surface area contributed by atoms with E-state index < -0.39 is 24.5 Å². The minimum atomic E-state index is -1.14. The molecule has 3 amide bonds. The van der Waals surface area contributed by atoms with E-state index >= 15 is 0 Å². The monoisotopic (exact) mass is 280 g/mol. The van der Waals surface area contributed by atoms with E-state index in [-0.39, 0.29) is 6.54 Å². The maximum atomic E-state index is 11.3. The Morgan fingerprint density at radius 1 is 1.05 bits per heavy atom. The van der Waals surface area contributed by atoms with Gasteiger partial charge in [0, 0.05) is 18.9 Å². The third kappa shape index (κ3) is 6.94. The summed E-state index contributed by atoms with van der Waals surface area (Å²) in [5.41, 5.74) is 1.04. The number of aromatic nitrogens is 1. The molecule has 1 rings (SSSR count). The average Bonchev–Trinajstić information content (AvgIpc) is 2.44. The first-order chi connectivity index (χ1) is 9.58. The van der Waals surface area contributed by atoms with Gasteiger partial charge in [-0.1, -0.05) is 0 Å². The van der Waals surface area contributed by atoms with Crippen molar-refractivity contribution in [1.29, 1.82) is 0 Å². The van der Waals surface area contributed by atoms with Crippen LogP contribution in [0.4, 0.5) is 4.79 Å². The minimum Gasteiger partial charge on any atom is -0.480 e. The highest BCUT2D eigenvalue weighted by Gasteiger charge is 2.06. The summed E-state index contributed by atoms with van der Waals surface area (Å²) >= 11 is 0. The fraction of sp³-hybridized carbons (Fsp3) is 0.333. The lowest BCUT2D eigenvalue weighted by molar-refractivity contribution is -0.137. The number of hydrogen-bond acceptors (Lipinski definition) is 4. The van der Waals surface area contributed by atoms with E-state index in [9.17, 15) is 14.4 Å². The van der Waals surface area contributed by atoms with Gasteiger partial charge in [-0.05, 0) is 24.1 Å². The van der Waals surface area contributed by atoms with Crippen molar-refractivity contribution in [1.82, 2.24) is 20.9 Å². The standard InChI is InChI=1S/C12H16N4O4/c17-10(15-8-11(18)19)7-16-12(20)14-6-3-9-1-4-13-5-2-9/h1-2,4-5H,3,6-8H2,(H,15,17)(H,18,19)(H2,14,16,20). The van der Waals surface area contributed by atoms with Crippen LogP contribution >= 0.6 is 0 Å². The normalized spacial score (nSPS) is 9.60. The lowest BCUT2D eigenvalue weighted by Gasteiger charge is -2.07. The Kier molecular flexibility index (Phi) is 6.52. The van der Waals surface area contributed by atoms with Gasteiger partial charge < -0.3 is 21.1 Å². The van der Waals surface area contributed by atoms with Gasteiger partial charge >= 0.3 is 12.0 Å². The lowest BCUT2D eigenvalue weighted by Crippen LogP contribution is -2.43. The summed E-state index contributed by atoms with van der Waals surface area (Å²) in [4.78, 5) is 36.5. The molecule has 8 nitrogen and oxygen atoms in total. The number of aliphatic carboxylic acids is 1. The highest BCUT2D eigenvalue weighted by atomic mass is 16.4. The highest BCUT2D eigenvalue weighted by Crippen LogP contribution is 1.95. The molecule has 0 fully saturated rings. The zero-order valence-electron chi connectivity index (χ0n) is 10.8. The second kappa shape index (κ2) is 8.46. The van der Waals surface area contributed by atoms with E-state index in [1.54, 1.807) is 12.4 Å². The Balaban J connectivity index is 2.11. The van der Waals surface area contributed by atoms with E-state index in [2.05, 4.69) is 20.9 Å². The predicted octanol–water partition coefficient (Wildman–Crippen LogP) is -0.876. The number of hydrogen-bond donors (Lipinski definition) is 4. The van der Waals surface area contributed by atoms with Gasteiger partial charge in [-0.3, -0.25) is 14.6 Å². The topological polar surface area (TPSA) is 120 Å². The number of rotatable bonds is 7. The van der Waals surface area contributed by atoms with Crippen LogP contribution in [-0.2, 0) is 16.0 Å². The molecule has 0 bridgehead atoms. The first-order valence-corrected chi connectivity index (χ1v) is 5.97. The van der Waals surface area contributed by atoms with Crippen LogP contribution in [0.3, 0.4) is 0 Å². The fourth-order valence-corrected chi connectivity index (χ4v) is 1.33. The molecule has 0 aromatic carbocycles. The molecule has 4 N–H and O–H groups in total. The van der Waals surface area contributed by atoms with Gasteiger partial charge in [-0.15, -0.1) is 0 Å². The molecular weight excluding hydrogens is 264 g/mol. The van der Waals surface area contributed by atoms with Crippen molar-refractivity contribution >= 4 is 17.9 Å². The smallest absolute Gasteiger partial charge is 0.322 e. The number of nitrogens with zero attached hydrogens (tertiary/aromatic N) is 1. The number of urea groups is 1. The van der Waals surface area contributed by atoms with E-state index in [1.165, 1.54) is 0 Å². The summed E-state index contributed by atoms with van der Waals surface area (Å²) in [7, 11) is 0. The van der Waals surface area contributed by atoms with Gasteiger partial charge in [0.25, 0.3) is 0 Å². The molecule has 108 valence electrons. The van der Waals surface area contributed by atoms with Crippen LogP contribution in [-0.4, -0.2) is 47.6 Å². The third-order valence-corrected chi connectivity index (χ3v) is 2.29. The Hall–Kier alpha value is -2.64. The minimum absolute atomic E-state index is 0.269. The average molecular weight is 280 g/mol. The van der Waals surface area contributed by atoms with E-state index in [1.807, 2.05) is 12.1 Å². The van der Waals surface area contributed by atoms with E-state index in [0.29, 0.717) is 13.0 Å². The Morgan fingerprint density at radius 2 is 1.75 bits per heavy atom. The molecule has 0 atom stereocenters. The molecule has 0 aliphatic rings. The van der Waals surface area contributed by atoms with Crippen LogP contribution in [0.15, 0.2) is 24.5 Å². The first-order valence-electron chi connectivity index (χ1n) is 5.97. The molecular formula is C12H16N4O4. The van der Waals surface area contributed by atoms with Crippen LogP contribution in [0.2, 0.25) is 0 Å². The quantitative estimate of drug-likeness (QED) is 0.517. The zero-order valence-corrected chi connectivity index (χ0v) is 10.8. The van der Waals surface area contributed by atoms with Crippen molar-refractivity contribution in [3.63, 3.8) is 0 Å². The molecule has 0 aliphatic carbocycles. The van der Waals surface area contributed by atoms with Crippen molar-refractivity contribution in [2.24, 2.45) is 0 Å². The summed E-state index contributed by atoms with van der Waals surface area (Å²) in [6, 6.07) is 3.21. The largest absolute Gasteiger partial charge is 0.480 e. The van der Waals surface area contributed by atoms with Crippen molar-refractivity contribution in [2.45, 2.75) is 6.42 Å². The third-order valence-electron chi connectivity index (χ3n) is 2.29. The molecule has 1 heterocycles. The van der Waals surface area contributed by atoms with Gasteiger partial charge in [0.1, 0.15) is 6.54 Å². The number of nitrogens with one attached hydrogen (secondary N) is 3. The Morgan fingerprint density at radius 3 is 2.40 bits per heavy atom. The molecule has 0 aliphatic heterocycles. The van der Waals surface area contributed by atoms with E-state index in [4.69, 9.17) is 5.11 Å². The molecule has 1 aromatic heterocycles. The van der Waals surface area contributed by atoms with Crippen LogP contribution < -0.4 is 16.0 Å². The molecule has 0 spiro atoms. The second-order valence-corrected chi connectivity index (χ2v) is 3.89. The van der Waals surface area contributed by atoms with E-state index in [0.717, 1.165) is 5.56 Å². The number of carbonyl (C=O) groups is 3. The van der Waals surface area contributed by atoms with Crippen LogP contribution in [0.25, 0.3) is 0 Å². The summed E-state index contributed by atoms with van der Waals surface area (Å²) in [6.45, 7) is -0.314. The van der Waals surface area contributed by atoms with Crippen LogP contribution in [0.5, 0.6) is 0 Å². The van der Waals surface area contributed by atoms with Gasteiger partial charge in [0.15, 0.2) is 0 Å². The maximum Gasteiger partial charge on any atom is 0.322 e. The molecule has 0 saturated heterocycles. The number of carboxylic acid groups (broad SMARTS) is 1. The maximum absolute atomic E-state index is 11.3. The Labute approximate surface area is 115 Å². The zero-order chi connectivity index (χ0) is 14.8. The molecule has 0 radical (unpaired) electrons. The summed E-state index contributed by atoms with van der Waals surface area (Å²) in [6.07, 6.45) is 3.99. The van der Waals surface area contributed by atoms with Crippen LogP contribution in [0, 0.1) is 0 Å². The molecule has 20 heavy (non-hydrogen) atoms. The van der Waals surface area contributed by atoms with Gasteiger partial charge in [-0.25, -0.2) is 4.79 Å². The SMILES string of the molecule is O=C(O)CNC(=O)CNC(=O)NCCc1ccncc1. The number of pyridine rings is 1. The molecule has 0 saturated carbocycles. The fourth-order valence-electron chi connectivity index (χ4n) is 1.33. The number of carboxylic acids is 1. The van der Waals surface area contributed by atoms with Crippen molar-refractivity contribution in [3.05, 3.63) is 30.1 Å². The summed E-state index contributed by atoms with van der Waals surface area (Å²) in [5, 5.41) is 15.4. The number of amides is 3. The van der Waals surface area contributed by atoms with Gasteiger partial charge in [0.05, 0.1) is 6.54 Å².